The van der Waals surface area contributed by atoms with Crippen LogP contribution in [0.3, 0.4) is 0 Å². The van der Waals surface area contributed by atoms with Crippen molar-refractivity contribution in [2.24, 2.45) is 5.73 Å². The number of nitrogens with zero attached hydrogens (tertiary/aromatic N) is 4. The number of amides is 1. The van der Waals surface area contributed by atoms with Gasteiger partial charge in [-0.3, -0.25) is 10.2 Å². The Hall–Kier alpha value is -3.94. The molecule has 30 heavy (non-hydrogen) atoms. The SMILES string of the molecule is CC(=O)N(CCc1ccc(C)cc1)n1ccnc1-c1nc2cc(C(=N)N)ccc2[nH]1. The van der Waals surface area contributed by atoms with E-state index in [1.807, 2.05) is 6.07 Å². The summed E-state index contributed by atoms with van der Waals surface area (Å²) in [4.78, 5) is 24.7. The molecular weight excluding hydrogens is 378 g/mol. The Bertz CT molecular complexity index is 1220. The number of imidazole rings is 2. The predicted molar refractivity (Wildman–Crippen MR) is 117 cm³/mol. The molecule has 0 radical (unpaired) electrons. The van der Waals surface area contributed by atoms with Crippen molar-refractivity contribution in [3.05, 3.63) is 71.5 Å². The van der Waals surface area contributed by atoms with Crippen LogP contribution in [0.1, 0.15) is 23.6 Å². The number of aromatic nitrogens is 4. The van der Waals surface area contributed by atoms with Gasteiger partial charge in [0, 0.05) is 31.4 Å². The molecule has 4 N–H and O–H groups in total. The summed E-state index contributed by atoms with van der Waals surface area (Å²) >= 11 is 0. The fourth-order valence-electron chi connectivity index (χ4n) is 3.35. The number of nitrogen functional groups attached to an aromatic ring is 1. The number of rotatable bonds is 6. The van der Waals surface area contributed by atoms with Crippen LogP contribution >= 0.6 is 0 Å². The Kier molecular flexibility index (Phi) is 5.05. The van der Waals surface area contributed by atoms with E-state index >= 15 is 0 Å². The Morgan fingerprint density at radius 3 is 2.70 bits per heavy atom. The molecule has 2 aromatic carbocycles. The number of carbonyl (C=O) groups is 1. The molecule has 0 spiro atoms. The predicted octanol–water partition coefficient (Wildman–Crippen LogP) is 2.75. The molecule has 0 aliphatic rings. The van der Waals surface area contributed by atoms with Crippen molar-refractivity contribution in [3.8, 4) is 11.6 Å². The molecule has 0 fully saturated rings. The molecule has 1 amide bonds. The van der Waals surface area contributed by atoms with E-state index in [9.17, 15) is 4.79 Å². The molecule has 2 heterocycles. The molecule has 0 saturated heterocycles. The van der Waals surface area contributed by atoms with E-state index in [4.69, 9.17) is 11.1 Å². The first-order chi connectivity index (χ1) is 14.4. The van der Waals surface area contributed by atoms with Crippen molar-refractivity contribution >= 4 is 22.8 Å². The molecule has 2 aromatic heterocycles. The highest BCUT2D eigenvalue weighted by Crippen LogP contribution is 2.21. The van der Waals surface area contributed by atoms with Crippen LogP contribution in [0.2, 0.25) is 0 Å². The molecule has 0 unspecified atom stereocenters. The molecule has 152 valence electrons. The maximum Gasteiger partial charge on any atom is 0.238 e. The topological polar surface area (TPSA) is 117 Å². The number of carbonyl (C=O) groups excluding carboxylic acids is 1. The van der Waals surface area contributed by atoms with Crippen LogP contribution < -0.4 is 10.7 Å². The quantitative estimate of drug-likeness (QED) is 0.340. The van der Waals surface area contributed by atoms with Gasteiger partial charge in [-0.1, -0.05) is 29.8 Å². The van der Waals surface area contributed by atoms with Crippen LogP contribution in [-0.2, 0) is 11.2 Å². The Morgan fingerprint density at radius 1 is 1.23 bits per heavy atom. The molecule has 8 nitrogen and oxygen atoms in total. The molecule has 4 aromatic rings. The maximum atomic E-state index is 12.4. The second-order valence-electron chi connectivity index (χ2n) is 7.20. The highest BCUT2D eigenvalue weighted by Gasteiger charge is 2.18. The molecule has 8 heteroatoms. The first-order valence-corrected chi connectivity index (χ1v) is 9.64. The minimum Gasteiger partial charge on any atom is -0.384 e. The third kappa shape index (κ3) is 3.80. The lowest BCUT2D eigenvalue weighted by atomic mass is 10.1. The molecule has 0 aliphatic carbocycles. The van der Waals surface area contributed by atoms with Gasteiger partial charge >= 0.3 is 0 Å². The van der Waals surface area contributed by atoms with Crippen molar-refractivity contribution in [2.45, 2.75) is 20.3 Å². The molecular formula is C22H23N7O. The van der Waals surface area contributed by atoms with E-state index in [1.165, 1.54) is 12.5 Å². The average Bonchev–Trinajstić information content (AvgIpc) is 3.35. The standard InChI is InChI=1S/C22H23N7O/c1-14-3-5-16(6-4-14)9-11-28(15(2)30)29-12-10-25-22(29)21-26-18-8-7-17(20(23)24)13-19(18)27-21/h3-8,10,12-13H,9,11H2,1-2H3,(H3,23,24)(H,26,27). The van der Waals surface area contributed by atoms with Crippen LogP contribution in [0.5, 0.6) is 0 Å². The van der Waals surface area contributed by atoms with Gasteiger partial charge in [0.2, 0.25) is 5.91 Å². The summed E-state index contributed by atoms with van der Waals surface area (Å²) < 4.78 is 1.72. The third-order valence-corrected chi connectivity index (χ3v) is 4.98. The highest BCUT2D eigenvalue weighted by molar-refractivity contribution is 5.98. The lowest BCUT2D eigenvalue weighted by molar-refractivity contribution is -0.118. The number of hydrogen-bond acceptors (Lipinski definition) is 4. The molecule has 0 bridgehead atoms. The number of amidine groups is 1. The van der Waals surface area contributed by atoms with Gasteiger partial charge in [-0.2, -0.15) is 0 Å². The number of aromatic amines is 1. The number of H-pyrrole nitrogens is 1. The summed E-state index contributed by atoms with van der Waals surface area (Å²) in [6.45, 7) is 4.10. The summed E-state index contributed by atoms with van der Waals surface area (Å²) in [5, 5.41) is 9.25. The minimum atomic E-state index is -0.0867. The molecule has 0 aliphatic heterocycles. The van der Waals surface area contributed by atoms with Crippen molar-refractivity contribution in [3.63, 3.8) is 0 Å². The smallest absolute Gasteiger partial charge is 0.238 e. The zero-order chi connectivity index (χ0) is 21.3. The largest absolute Gasteiger partial charge is 0.384 e. The van der Waals surface area contributed by atoms with Gasteiger partial charge in [0.1, 0.15) is 5.84 Å². The van der Waals surface area contributed by atoms with Gasteiger partial charge in [-0.15, -0.1) is 0 Å². The number of nitrogens with one attached hydrogen (secondary N) is 2. The number of benzene rings is 2. The van der Waals surface area contributed by atoms with E-state index in [-0.39, 0.29) is 11.7 Å². The number of aryl methyl sites for hydroxylation is 1. The van der Waals surface area contributed by atoms with Gasteiger partial charge in [0.15, 0.2) is 11.6 Å². The monoisotopic (exact) mass is 401 g/mol. The first kappa shape index (κ1) is 19.4. The van der Waals surface area contributed by atoms with Gasteiger partial charge in [-0.25, -0.2) is 19.7 Å². The first-order valence-electron chi connectivity index (χ1n) is 9.64. The normalized spacial score (nSPS) is 11.0. The van der Waals surface area contributed by atoms with E-state index in [2.05, 4.69) is 46.1 Å². The summed E-state index contributed by atoms with van der Waals surface area (Å²) in [6.07, 6.45) is 4.12. The van der Waals surface area contributed by atoms with Crippen molar-refractivity contribution in [1.82, 2.24) is 19.6 Å². The lowest BCUT2D eigenvalue weighted by Gasteiger charge is -2.23. The summed E-state index contributed by atoms with van der Waals surface area (Å²) in [7, 11) is 0. The van der Waals surface area contributed by atoms with E-state index < -0.39 is 0 Å². The van der Waals surface area contributed by atoms with Crippen molar-refractivity contribution in [1.29, 1.82) is 5.41 Å². The van der Waals surface area contributed by atoms with Crippen LogP contribution in [0.25, 0.3) is 22.7 Å². The van der Waals surface area contributed by atoms with Crippen molar-refractivity contribution in [2.75, 3.05) is 11.6 Å². The molecule has 4 rings (SSSR count). The van der Waals surface area contributed by atoms with Gasteiger partial charge < -0.3 is 10.7 Å². The van der Waals surface area contributed by atoms with E-state index in [1.54, 1.807) is 34.2 Å². The minimum absolute atomic E-state index is 0.0122. The second-order valence-corrected chi connectivity index (χ2v) is 7.20. The van der Waals surface area contributed by atoms with E-state index in [0.29, 0.717) is 29.3 Å². The van der Waals surface area contributed by atoms with Crippen LogP contribution in [-0.4, -0.2) is 37.9 Å². The fraction of sp³-hybridized carbons (Fsp3) is 0.182. The molecule has 0 saturated carbocycles. The zero-order valence-electron chi connectivity index (χ0n) is 16.9. The maximum absolute atomic E-state index is 12.4. The van der Waals surface area contributed by atoms with Gasteiger partial charge in [-0.05, 0) is 37.1 Å². The van der Waals surface area contributed by atoms with Gasteiger partial charge in [0.25, 0.3) is 0 Å². The summed E-state index contributed by atoms with van der Waals surface area (Å²) in [5.74, 6) is 0.977. The number of hydrogen-bond donors (Lipinski definition) is 3. The van der Waals surface area contributed by atoms with Crippen molar-refractivity contribution < 1.29 is 4.79 Å². The van der Waals surface area contributed by atoms with Gasteiger partial charge in [0.05, 0.1) is 11.0 Å². The second kappa shape index (κ2) is 7.82. The lowest BCUT2D eigenvalue weighted by Crippen LogP contribution is -2.40. The number of fused-ring (bicyclic) bond motifs is 1. The van der Waals surface area contributed by atoms with E-state index in [0.717, 1.165) is 17.5 Å². The van der Waals surface area contributed by atoms with Crippen LogP contribution in [0, 0.1) is 12.3 Å². The number of nitrogens with two attached hydrogens (primary N) is 1. The highest BCUT2D eigenvalue weighted by atomic mass is 16.2. The third-order valence-electron chi connectivity index (χ3n) is 4.98. The Morgan fingerprint density at radius 2 is 2.00 bits per heavy atom. The van der Waals surface area contributed by atoms with Crippen LogP contribution in [0.4, 0.5) is 0 Å². The fourth-order valence-corrected chi connectivity index (χ4v) is 3.35. The Balaban J connectivity index is 1.64. The van der Waals surface area contributed by atoms with Crippen LogP contribution in [0.15, 0.2) is 54.9 Å². The summed E-state index contributed by atoms with van der Waals surface area (Å²) in [6, 6.07) is 13.6. The zero-order valence-corrected chi connectivity index (χ0v) is 16.9. The average molecular weight is 401 g/mol. The Labute approximate surface area is 173 Å². The molecule has 0 atom stereocenters. The summed E-state index contributed by atoms with van der Waals surface area (Å²) in [5.41, 5.74) is 10.0.